The molecule has 2 aliphatic heterocycles. The first kappa shape index (κ1) is 27.7. The largest absolute Gasteiger partial charge is 0.465 e. The van der Waals surface area contributed by atoms with Gasteiger partial charge in [-0.1, -0.05) is 12.1 Å². The van der Waals surface area contributed by atoms with Gasteiger partial charge in [0.25, 0.3) is 0 Å². The number of carbonyl (C=O) groups excluding carboxylic acids is 1. The summed E-state index contributed by atoms with van der Waals surface area (Å²) < 4.78 is 99.8. The summed E-state index contributed by atoms with van der Waals surface area (Å²) >= 11 is 0. The first-order valence-corrected chi connectivity index (χ1v) is 11.6. The molecule has 6 nitrogen and oxygen atoms in total. The lowest BCUT2D eigenvalue weighted by molar-refractivity contribution is -0.143. The van der Waals surface area contributed by atoms with E-state index in [0.29, 0.717) is 17.7 Å². The number of carboxylic acid groups (broad SMARTS) is 1. The summed E-state index contributed by atoms with van der Waals surface area (Å²) in [6.07, 6.45) is -13.4. The third-order valence-corrected chi connectivity index (χ3v) is 6.90. The summed E-state index contributed by atoms with van der Waals surface area (Å²) in [7, 11) is 0. The number of hydrogen-bond donors (Lipinski definition) is 2. The minimum absolute atomic E-state index is 0.0270. The number of piperidine rings is 1. The number of nitrogens with one attached hydrogen (secondary N) is 1. The van der Waals surface area contributed by atoms with Crippen LogP contribution in [0.15, 0.2) is 42.5 Å². The van der Waals surface area contributed by atoms with Gasteiger partial charge in [-0.3, -0.25) is 4.79 Å². The van der Waals surface area contributed by atoms with Crippen molar-refractivity contribution in [2.75, 3.05) is 6.54 Å². The van der Waals surface area contributed by atoms with Crippen molar-refractivity contribution >= 4 is 12.0 Å². The van der Waals surface area contributed by atoms with Crippen LogP contribution in [-0.2, 0) is 21.9 Å². The third-order valence-electron chi connectivity index (χ3n) is 6.90. The van der Waals surface area contributed by atoms with Crippen molar-refractivity contribution < 1.29 is 50.2 Å². The Bertz CT molecular complexity index is 1170. The number of halogens is 7. The maximum Gasteiger partial charge on any atom is 0.416 e. The molecule has 4 rings (SSSR count). The van der Waals surface area contributed by atoms with Crippen LogP contribution in [0.5, 0.6) is 0 Å². The fraction of sp³-hybridized carbons (Fsp3) is 0.440. The molecule has 2 heterocycles. The highest BCUT2D eigenvalue weighted by molar-refractivity contribution is 5.80. The molecule has 0 aliphatic carbocycles. The molecule has 1 unspecified atom stereocenters. The number of nitrogens with zero attached hydrogens (tertiary/aromatic N) is 1. The zero-order valence-electron chi connectivity index (χ0n) is 19.8. The van der Waals surface area contributed by atoms with Crippen molar-refractivity contribution in [3.05, 3.63) is 70.5 Å². The Morgan fingerprint density at radius 2 is 1.63 bits per heavy atom. The lowest BCUT2D eigenvalue weighted by atomic mass is 9.84. The van der Waals surface area contributed by atoms with Gasteiger partial charge in [-0.2, -0.15) is 26.3 Å². The van der Waals surface area contributed by atoms with Gasteiger partial charge in [0.1, 0.15) is 5.82 Å². The molecule has 0 radical (unpaired) electrons. The molecule has 2 aliphatic rings. The number of hydrogen-bond acceptors (Lipinski definition) is 3. The van der Waals surface area contributed by atoms with Crippen LogP contribution in [0.1, 0.15) is 54.0 Å². The van der Waals surface area contributed by atoms with E-state index < -0.39 is 65.6 Å². The van der Waals surface area contributed by atoms with E-state index in [1.165, 1.54) is 36.1 Å². The summed E-state index contributed by atoms with van der Waals surface area (Å²) in [5.74, 6) is -1.57. The summed E-state index contributed by atoms with van der Waals surface area (Å²) in [6.45, 7) is 1.28. The molecule has 0 spiro atoms. The highest BCUT2D eigenvalue weighted by Crippen LogP contribution is 2.43. The van der Waals surface area contributed by atoms with E-state index in [2.05, 4.69) is 5.32 Å². The van der Waals surface area contributed by atoms with Gasteiger partial charge in [0.2, 0.25) is 5.91 Å². The fourth-order valence-corrected chi connectivity index (χ4v) is 5.24. The number of ether oxygens (including phenoxy) is 1. The van der Waals surface area contributed by atoms with Crippen LogP contribution in [0, 0.1) is 5.82 Å². The van der Waals surface area contributed by atoms with Crippen molar-refractivity contribution in [3.8, 4) is 0 Å². The van der Waals surface area contributed by atoms with Gasteiger partial charge in [0.05, 0.1) is 23.3 Å². The highest BCUT2D eigenvalue weighted by atomic mass is 19.4. The number of fused-ring (bicyclic) bond motifs is 1. The Hall–Kier alpha value is -3.35. The van der Waals surface area contributed by atoms with Crippen LogP contribution >= 0.6 is 0 Å². The Morgan fingerprint density at radius 1 is 1.05 bits per heavy atom. The molecule has 0 aromatic heterocycles. The minimum atomic E-state index is -5.03. The van der Waals surface area contributed by atoms with Crippen molar-refractivity contribution in [3.63, 3.8) is 0 Å². The summed E-state index contributed by atoms with van der Waals surface area (Å²) in [5, 5.41) is 11.4. The standard InChI is InChI=1S/C25H23F7N2O4/c1-12(14-6-15(24(27,28)29)8-16(7-14)25(30,31)32)38-20-11-34-19(9-18(10-21(34)35)33-23(36)37)22(20)13-2-4-17(26)5-3-13/h2-8,12,18-20,22,33H,9-11H2,1H3,(H,36,37)/t12-,18?,19+,20+,22+/m1/s1. The number of alkyl halides is 6. The van der Waals surface area contributed by atoms with Gasteiger partial charge in [0.15, 0.2) is 0 Å². The van der Waals surface area contributed by atoms with Gasteiger partial charge < -0.3 is 20.1 Å². The topological polar surface area (TPSA) is 78.9 Å². The van der Waals surface area contributed by atoms with E-state index in [-0.39, 0.29) is 36.9 Å². The molecule has 206 valence electrons. The molecular weight excluding hydrogens is 525 g/mol. The zero-order valence-corrected chi connectivity index (χ0v) is 19.8. The number of rotatable bonds is 5. The molecule has 5 atom stereocenters. The lowest BCUT2D eigenvalue weighted by Crippen LogP contribution is -2.51. The van der Waals surface area contributed by atoms with Gasteiger partial charge in [-0.05, 0) is 54.8 Å². The zero-order chi connectivity index (χ0) is 28.0. The number of benzene rings is 2. The Balaban J connectivity index is 1.68. The second-order valence-electron chi connectivity index (χ2n) is 9.43. The van der Waals surface area contributed by atoms with Gasteiger partial charge in [-0.15, -0.1) is 0 Å². The van der Waals surface area contributed by atoms with Gasteiger partial charge in [-0.25, -0.2) is 9.18 Å². The average Bonchev–Trinajstić information content (AvgIpc) is 3.16. The molecule has 13 heteroatoms. The molecule has 0 saturated carbocycles. The number of amides is 2. The van der Waals surface area contributed by atoms with E-state index >= 15 is 0 Å². The molecule has 2 aromatic carbocycles. The predicted molar refractivity (Wildman–Crippen MR) is 119 cm³/mol. The van der Waals surface area contributed by atoms with Crippen LogP contribution < -0.4 is 5.32 Å². The summed E-state index contributed by atoms with van der Waals surface area (Å²) in [4.78, 5) is 25.5. The van der Waals surface area contributed by atoms with Crippen LogP contribution in [0.2, 0.25) is 0 Å². The monoisotopic (exact) mass is 548 g/mol. The van der Waals surface area contributed by atoms with E-state index in [1.54, 1.807) is 0 Å². The summed E-state index contributed by atoms with van der Waals surface area (Å²) in [5.41, 5.74) is -2.78. The van der Waals surface area contributed by atoms with Crippen LogP contribution in [0.4, 0.5) is 35.5 Å². The minimum Gasteiger partial charge on any atom is -0.465 e. The molecule has 0 bridgehead atoms. The molecule has 2 N–H and O–H groups in total. The maximum absolute atomic E-state index is 13.6. The van der Waals surface area contributed by atoms with Crippen LogP contribution in [0.25, 0.3) is 0 Å². The number of carbonyl (C=O) groups is 2. The Kier molecular flexibility index (Phi) is 7.34. The molecule has 2 saturated heterocycles. The Morgan fingerprint density at radius 3 is 2.16 bits per heavy atom. The van der Waals surface area contributed by atoms with Crippen molar-refractivity contribution in [1.29, 1.82) is 0 Å². The molecule has 2 fully saturated rings. The summed E-state index contributed by atoms with van der Waals surface area (Å²) in [6, 6.07) is 5.17. The van der Waals surface area contributed by atoms with Crippen molar-refractivity contribution in [1.82, 2.24) is 10.2 Å². The quantitative estimate of drug-likeness (QED) is 0.468. The van der Waals surface area contributed by atoms with E-state index in [4.69, 9.17) is 9.84 Å². The maximum atomic E-state index is 13.6. The smallest absolute Gasteiger partial charge is 0.416 e. The van der Waals surface area contributed by atoms with E-state index in [1.807, 2.05) is 0 Å². The average molecular weight is 548 g/mol. The second kappa shape index (κ2) is 10.1. The van der Waals surface area contributed by atoms with Gasteiger partial charge >= 0.3 is 18.4 Å². The van der Waals surface area contributed by atoms with E-state index in [0.717, 1.165) is 0 Å². The molecule has 38 heavy (non-hydrogen) atoms. The predicted octanol–water partition coefficient (Wildman–Crippen LogP) is 5.73. The molecule has 2 aromatic rings. The van der Waals surface area contributed by atoms with Crippen LogP contribution in [0.3, 0.4) is 0 Å². The normalized spacial score (nSPS) is 24.7. The third kappa shape index (κ3) is 5.87. The second-order valence-corrected chi connectivity index (χ2v) is 9.43. The molecular formula is C25H23F7N2O4. The first-order valence-electron chi connectivity index (χ1n) is 11.6. The van der Waals surface area contributed by atoms with Crippen LogP contribution in [-0.4, -0.2) is 46.7 Å². The molecule has 2 amide bonds. The van der Waals surface area contributed by atoms with Crippen molar-refractivity contribution in [2.45, 2.75) is 62.3 Å². The lowest BCUT2D eigenvalue weighted by Gasteiger charge is -2.36. The highest BCUT2D eigenvalue weighted by Gasteiger charge is 2.49. The fourth-order valence-electron chi connectivity index (χ4n) is 5.24. The SMILES string of the molecule is C[C@@H](O[C@H]1CN2C(=O)CC(NC(=O)O)C[C@H]2[C@@H]1c1ccc(F)cc1)c1cc(C(F)(F)F)cc(C(F)(F)F)c1. The van der Waals surface area contributed by atoms with Crippen molar-refractivity contribution in [2.24, 2.45) is 0 Å². The Labute approximate surface area is 212 Å². The van der Waals surface area contributed by atoms with Gasteiger partial charge in [0, 0.05) is 31.0 Å². The van der Waals surface area contributed by atoms with E-state index in [9.17, 15) is 40.3 Å². The first-order chi connectivity index (χ1) is 17.6.